The summed E-state index contributed by atoms with van der Waals surface area (Å²) in [6.07, 6.45) is 1.68. The molecule has 2 aromatic carbocycles. The number of pyridine rings is 2. The van der Waals surface area contributed by atoms with Crippen molar-refractivity contribution in [2.24, 2.45) is 5.41 Å². The van der Waals surface area contributed by atoms with Crippen molar-refractivity contribution >= 4 is 22.8 Å². The second-order valence-electron chi connectivity index (χ2n) is 12.0. The molecule has 10 nitrogen and oxygen atoms in total. The van der Waals surface area contributed by atoms with E-state index >= 15 is 0 Å². The van der Waals surface area contributed by atoms with E-state index in [0.717, 1.165) is 72.1 Å². The van der Waals surface area contributed by atoms with Crippen LogP contribution in [0.1, 0.15) is 12.5 Å². The second-order valence-corrected chi connectivity index (χ2v) is 12.0. The molecule has 7 rings (SSSR count). The monoisotopic (exact) mass is 601 g/mol. The average molecular weight is 602 g/mol. The maximum Gasteiger partial charge on any atom is 0.224 e. The summed E-state index contributed by atoms with van der Waals surface area (Å²) in [5, 5.41) is 9.24. The third-order valence-corrected chi connectivity index (χ3v) is 8.83. The van der Waals surface area contributed by atoms with Gasteiger partial charge in [-0.1, -0.05) is 42.5 Å². The number of likely N-dealkylation sites (tertiary alicyclic amines) is 2. The Kier molecular flexibility index (Phi) is 7.31. The first-order valence-electron chi connectivity index (χ1n) is 15.0. The van der Waals surface area contributed by atoms with Crippen LogP contribution in [0.3, 0.4) is 0 Å². The number of nitrogens with two attached hydrogens (primary N) is 1. The van der Waals surface area contributed by atoms with E-state index in [2.05, 4.69) is 55.7 Å². The number of Topliss-reactive ketones (excluding diaryl/α,β-unsaturated/α-hetero) is 1. The molecule has 5 aromatic rings. The second kappa shape index (κ2) is 11.5. The first-order chi connectivity index (χ1) is 21.9. The topological polar surface area (TPSA) is 123 Å². The Hall–Kier alpha value is -5.06. The minimum absolute atomic E-state index is 0.235. The van der Waals surface area contributed by atoms with Crippen molar-refractivity contribution in [2.45, 2.75) is 13.5 Å². The molecule has 10 heteroatoms. The van der Waals surface area contributed by atoms with Gasteiger partial charge in [-0.2, -0.15) is 0 Å². The van der Waals surface area contributed by atoms with Crippen LogP contribution >= 0.6 is 0 Å². The van der Waals surface area contributed by atoms with Gasteiger partial charge in [0.1, 0.15) is 17.9 Å². The van der Waals surface area contributed by atoms with E-state index in [1.807, 2.05) is 49.4 Å². The number of ether oxygens (including phenoxy) is 1. The van der Waals surface area contributed by atoms with E-state index in [-0.39, 0.29) is 17.0 Å². The molecule has 3 aromatic heterocycles. The van der Waals surface area contributed by atoms with E-state index in [1.54, 1.807) is 6.20 Å². The molecular weight excluding hydrogens is 566 g/mol. The number of nitrogen functional groups attached to an aromatic ring is 1. The summed E-state index contributed by atoms with van der Waals surface area (Å²) in [4.78, 5) is 30.9. The van der Waals surface area contributed by atoms with Gasteiger partial charge in [0.05, 0.1) is 24.1 Å². The smallest absolute Gasteiger partial charge is 0.224 e. The molecule has 3 N–H and O–H groups in total. The number of aromatic nitrogens is 4. The fourth-order valence-electron chi connectivity index (χ4n) is 6.66. The number of fused-ring (bicyclic) bond motifs is 1. The van der Waals surface area contributed by atoms with Crippen LogP contribution in [-0.2, 0) is 16.1 Å². The minimum Gasteiger partial charge on any atom is -0.491 e. The van der Waals surface area contributed by atoms with Gasteiger partial charge in [0, 0.05) is 55.6 Å². The molecule has 2 aliphatic rings. The molecule has 0 atom stereocenters. The van der Waals surface area contributed by atoms with Crippen molar-refractivity contribution in [3.63, 3.8) is 0 Å². The van der Waals surface area contributed by atoms with E-state index < -0.39 is 6.61 Å². The van der Waals surface area contributed by atoms with Gasteiger partial charge in [0.25, 0.3) is 0 Å². The zero-order chi connectivity index (χ0) is 31.1. The first kappa shape index (κ1) is 28.7. The van der Waals surface area contributed by atoms with Crippen LogP contribution in [0.4, 0.5) is 5.82 Å². The molecule has 0 bridgehead atoms. The van der Waals surface area contributed by atoms with Crippen LogP contribution in [-0.4, -0.2) is 80.1 Å². The number of carbonyl (C=O) groups is 1. The Morgan fingerprint density at radius 2 is 1.71 bits per heavy atom. The fraction of sp³-hybridized carbons (Fsp3) is 0.257. The van der Waals surface area contributed by atoms with Crippen LogP contribution in [0.15, 0.2) is 96.5 Å². The van der Waals surface area contributed by atoms with Crippen LogP contribution in [0, 0.1) is 5.41 Å². The summed E-state index contributed by atoms with van der Waals surface area (Å²) in [7, 11) is 1.47. The average Bonchev–Trinajstić information content (AvgIpc) is 3.41. The number of ketones is 1. The Morgan fingerprint density at radius 3 is 2.40 bits per heavy atom. The Balaban J connectivity index is 1.11. The number of aliphatic hydroxyl groups is 1. The zero-order valence-electron chi connectivity index (χ0n) is 25.3. The van der Waals surface area contributed by atoms with Crippen LogP contribution < -0.4 is 5.73 Å². The standard InChI is InChI=1S/C35H35N7O3/c1-23(31(45-2)30(44)18-43)41-21-35(22-41)19-40(20-35)17-24-10-12-26(13-11-24)42-33(27-9-6-16-37-32(27)36)39-29-15-14-28(38-34(29)42)25-7-4-3-5-8-25/h3-16,43H,17-22H2,1-2H3,(H2,36,37)/b31-23-. The molecule has 2 aliphatic heterocycles. The number of carbonyl (C=O) groups excluding carboxylic acids is 1. The highest BCUT2D eigenvalue weighted by Gasteiger charge is 2.52. The molecule has 2 fully saturated rings. The van der Waals surface area contributed by atoms with Crippen molar-refractivity contribution in [1.29, 1.82) is 0 Å². The molecule has 1 spiro atoms. The number of nitrogens with zero attached hydrogens (tertiary/aromatic N) is 6. The van der Waals surface area contributed by atoms with Gasteiger partial charge in [0.15, 0.2) is 17.2 Å². The number of hydrogen-bond donors (Lipinski definition) is 2. The Morgan fingerprint density at radius 1 is 0.956 bits per heavy atom. The van der Waals surface area contributed by atoms with Gasteiger partial charge in [-0.05, 0) is 48.9 Å². The van der Waals surface area contributed by atoms with Gasteiger partial charge < -0.3 is 20.5 Å². The number of allylic oxidation sites excluding steroid dienone is 1. The molecule has 228 valence electrons. The molecule has 0 unspecified atom stereocenters. The van der Waals surface area contributed by atoms with E-state index in [9.17, 15) is 9.90 Å². The summed E-state index contributed by atoms with van der Waals surface area (Å²) >= 11 is 0. The van der Waals surface area contributed by atoms with Gasteiger partial charge in [-0.15, -0.1) is 0 Å². The van der Waals surface area contributed by atoms with Crippen molar-refractivity contribution in [2.75, 3.05) is 45.6 Å². The molecular formula is C35H35N7O3. The normalized spacial score (nSPS) is 16.3. The van der Waals surface area contributed by atoms with Crippen molar-refractivity contribution in [3.05, 3.63) is 102 Å². The number of imidazole rings is 1. The van der Waals surface area contributed by atoms with Crippen LogP contribution in [0.2, 0.25) is 0 Å². The highest BCUT2D eigenvalue weighted by Crippen LogP contribution is 2.42. The SMILES string of the molecule is CO/C(C(=O)CO)=C(/C)N1CC2(CN(Cc3ccc(-n4c(-c5cccnc5N)nc5ccc(-c6ccccc6)nc54)cc3)C2)C1. The lowest BCUT2D eigenvalue weighted by Crippen LogP contribution is -2.71. The zero-order valence-corrected chi connectivity index (χ0v) is 25.3. The molecule has 0 aliphatic carbocycles. The third-order valence-electron chi connectivity index (χ3n) is 8.83. The van der Waals surface area contributed by atoms with Gasteiger partial charge in [0.2, 0.25) is 5.78 Å². The van der Waals surface area contributed by atoms with E-state index in [0.29, 0.717) is 11.6 Å². The van der Waals surface area contributed by atoms with Crippen molar-refractivity contribution < 1.29 is 14.6 Å². The number of hydrogen-bond acceptors (Lipinski definition) is 9. The quantitative estimate of drug-likeness (QED) is 0.188. The third kappa shape index (κ3) is 5.22. The number of methoxy groups -OCH3 is 1. The van der Waals surface area contributed by atoms with Crippen LogP contribution in [0.5, 0.6) is 0 Å². The molecule has 0 amide bonds. The predicted molar refractivity (Wildman–Crippen MR) is 173 cm³/mol. The van der Waals surface area contributed by atoms with Gasteiger partial charge >= 0.3 is 0 Å². The summed E-state index contributed by atoms with van der Waals surface area (Å²) in [6.45, 7) is 5.94. The van der Waals surface area contributed by atoms with Crippen molar-refractivity contribution in [3.8, 4) is 28.3 Å². The van der Waals surface area contributed by atoms with Crippen LogP contribution in [0.25, 0.3) is 39.5 Å². The largest absolute Gasteiger partial charge is 0.491 e. The fourth-order valence-corrected chi connectivity index (χ4v) is 6.66. The van der Waals surface area contributed by atoms with Gasteiger partial charge in [-0.3, -0.25) is 14.3 Å². The molecule has 0 saturated carbocycles. The Bertz CT molecular complexity index is 1900. The number of rotatable bonds is 9. The lowest BCUT2D eigenvalue weighted by atomic mass is 9.72. The lowest BCUT2D eigenvalue weighted by Gasteiger charge is -2.61. The summed E-state index contributed by atoms with van der Waals surface area (Å²) < 4.78 is 7.33. The molecule has 0 radical (unpaired) electrons. The number of aliphatic hydroxyl groups excluding tert-OH is 1. The molecule has 45 heavy (non-hydrogen) atoms. The maximum atomic E-state index is 12.0. The first-order valence-corrected chi connectivity index (χ1v) is 15.0. The van der Waals surface area contributed by atoms with E-state index in [4.69, 9.17) is 20.4 Å². The highest BCUT2D eigenvalue weighted by atomic mass is 16.5. The highest BCUT2D eigenvalue weighted by molar-refractivity contribution is 5.94. The maximum absolute atomic E-state index is 12.0. The summed E-state index contributed by atoms with van der Waals surface area (Å²) in [5.74, 6) is 0.971. The minimum atomic E-state index is -0.548. The summed E-state index contributed by atoms with van der Waals surface area (Å²) in [5.41, 5.74) is 13.7. The van der Waals surface area contributed by atoms with E-state index in [1.165, 1.54) is 12.7 Å². The predicted octanol–water partition coefficient (Wildman–Crippen LogP) is 4.29. The molecule has 5 heterocycles. The Labute approximate surface area is 261 Å². The number of benzene rings is 2. The number of anilines is 1. The lowest BCUT2D eigenvalue weighted by molar-refractivity contribution is -0.123. The molecule has 2 saturated heterocycles. The van der Waals surface area contributed by atoms with Gasteiger partial charge in [-0.25, -0.2) is 15.0 Å². The summed E-state index contributed by atoms with van der Waals surface area (Å²) in [6, 6.07) is 26.5. The van der Waals surface area contributed by atoms with Crippen molar-refractivity contribution in [1.82, 2.24) is 29.3 Å².